The van der Waals surface area contributed by atoms with Crippen molar-refractivity contribution < 1.29 is 75.8 Å². The van der Waals surface area contributed by atoms with Gasteiger partial charge < -0.3 is 34.2 Å². The molecule has 0 saturated heterocycles. The van der Waals surface area contributed by atoms with Gasteiger partial charge in [-0.1, -0.05) is 213 Å². The van der Waals surface area contributed by atoms with E-state index >= 15 is 0 Å². The summed E-state index contributed by atoms with van der Waals surface area (Å²) >= 11 is 0. The van der Waals surface area contributed by atoms with Gasteiger partial charge >= 0.3 is 33.6 Å². The first kappa shape index (κ1) is 83.0. The predicted molar refractivity (Wildman–Crippen MR) is 353 cm³/mol. The van der Waals surface area contributed by atoms with Crippen LogP contribution in [-0.2, 0) is 55.8 Å². The number of aliphatic hydroxyl groups excluding tert-OH is 2. The topological polar surface area (TPSA) is 231 Å². The van der Waals surface area contributed by atoms with Gasteiger partial charge in [0.15, 0.2) is 6.10 Å². The summed E-state index contributed by atoms with van der Waals surface area (Å²) in [7, 11) is -9.79. The fraction of sp³-hybridized carbons (Fsp3) is 0.667. The molecule has 0 aliphatic carbocycles. The van der Waals surface area contributed by atoms with Crippen molar-refractivity contribution >= 4 is 33.6 Å². The first-order valence-electron chi connectivity index (χ1n) is 32.8. The zero-order valence-corrected chi connectivity index (χ0v) is 55.4. The molecule has 0 aromatic rings. The molecule has 0 radical (unpaired) electrons. The van der Waals surface area contributed by atoms with Gasteiger partial charge in [-0.05, 0) is 128 Å². The number of carbonyl (C=O) groups excluding carboxylic acids is 3. The van der Waals surface area contributed by atoms with Gasteiger partial charge in [0, 0.05) is 19.3 Å². The Hall–Kier alpha value is -4.05. The summed E-state index contributed by atoms with van der Waals surface area (Å²) in [5.41, 5.74) is 0. The number of unbranched alkanes of at least 4 members (excludes halogenated alkanes) is 18. The molecule has 0 aliphatic heterocycles. The Balaban J connectivity index is 4.66. The van der Waals surface area contributed by atoms with E-state index in [2.05, 4.69) is 142 Å². The van der Waals surface area contributed by atoms with Gasteiger partial charge in [0.1, 0.15) is 25.4 Å². The zero-order chi connectivity index (χ0) is 63.8. The Morgan fingerprint density at radius 3 is 1.02 bits per heavy atom. The monoisotopic (exact) mass is 1260 g/mol. The molecule has 16 nitrogen and oxygen atoms in total. The van der Waals surface area contributed by atoms with Crippen molar-refractivity contribution in [2.45, 2.75) is 257 Å². The maximum absolute atomic E-state index is 12.9. The molecular formula is C69H116O16P2. The van der Waals surface area contributed by atoms with Crippen LogP contribution in [-0.4, -0.2) is 95.9 Å². The molecule has 5 unspecified atom stereocenters. The molecule has 0 fully saturated rings. The lowest BCUT2D eigenvalue weighted by Crippen LogP contribution is -2.30. The minimum absolute atomic E-state index is 0.0826. The Bertz CT molecular complexity index is 2070. The summed E-state index contributed by atoms with van der Waals surface area (Å²) in [5, 5.41) is 20.5. The van der Waals surface area contributed by atoms with Gasteiger partial charge in [0.05, 0.1) is 26.4 Å². The number of phosphoric acid groups is 2. The Kier molecular flexibility index (Phi) is 59.3. The van der Waals surface area contributed by atoms with Crippen molar-refractivity contribution in [3.8, 4) is 0 Å². The minimum Gasteiger partial charge on any atom is -0.463 e. The molecule has 0 spiro atoms. The number of hydrogen-bond donors (Lipinski definition) is 4. The third-order valence-corrected chi connectivity index (χ3v) is 15.0. The molecule has 5 atom stereocenters. The van der Waals surface area contributed by atoms with Crippen molar-refractivity contribution in [1.29, 1.82) is 0 Å². The number of carbonyl (C=O) groups is 3. The average Bonchev–Trinajstić information content (AvgIpc) is 3.53. The van der Waals surface area contributed by atoms with E-state index in [1.54, 1.807) is 0 Å². The van der Waals surface area contributed by atoms with Crippen LogP contribution in [0.25, 0.3) is 0 Å². The van der Waals surface area contributed by atoms with Crippen LogP contribution in [0, 0.1) is 0 Å². The van der Waals surface area contributed by atoms with Crippen molar-refractivity contribution in [3.05, 3.63) is 122 Å². The molecular weight excluding hydrogens is 1150 g/mol. The Labute approximate surface area is 525 Å². The van der Waals surface area contributed by atoms with Gasteiger partial charge in [-0.25, -0.2) is 9.13 Å². The second kappa shape index (κ2) is 62.2. The number of hydrogen-bond acceptors (Lipinski definition) is 14. The number of ether oxygens (including phenoxy) is 3. The SMILES string of the molecule is CC/C=C\C/C=C\C/C=C\C/C=C\C/C=C\CCCCCC(=O)OCC(COP(=O)(O)OCC(O)COP(=O)(O)OCC(O)COC(=O)CCCCCCC/C=C\C/C=C\C/C=C\C/C=C\CCCCC)OC(=O)CCCCCCC/C=C\CCCC. The summed E-state index contributed by atoms with van der Waals surface area (Å²) in [4.78, 5) is 58.2. The lowest BCUT2D eigenvalue weighted by Gasteiger charge is -2.21. The van der Waals surface area contributed by atoms with Crippen LogP contribution >= 0.6 is 15.6 Å². The zero-order valence-electron chi connectivity index (χ0n) is 53.6. The van der Waals surface area contributed by atoms with Crippen LogP contribution in [0.5, 0.6) is 0 Å². The fourth-order valence-corrected chi connectivity index (χ4v) is 9.67. The molecule has 0 heterocycles. The van der Waals surface area contributed by atoms with E-state index in [0.717, 1.165) is 141 Å². The normalized spacial score (nSPS) is 15.1. The molecule has 0 bridgehead atoms. The lowest BCUT2D eigenvalue weighted by molar-refractivity contribution is -0.161. The Morgan fingerprint density at radius 1 is 0.333 bits per heavy atom. The molecule has 18 heteroatoms. The third kappa shape index (κ3) is 63.3. The summed E-state index contributed by atoms with van der Waals surface area (Å²) in [6, 6.07) is 0. The van der Waals surface area contributed by atoms with E-state index in [4.69, 9.17) is 32.3 Å². The molecule has 87 heavy (non-hydrogen) atoms. The van der Waals surface area contributed by atoms with Crippen molar-refractivity contribution in [2.75, 3.05) is 39.6 Å². The van der Waals surface area contributed by atoms with E-state index in [0.29, 0.717) is 19.3 Å². The van der Waals surface area contributed by atoms with E-state index in [-0.39, 0.29) is 19.3 Å². The van der Waals surface area contributed by atoms with Crippen LogP contribution in [0.2, 0.25) is 0 Å². The number of aliphatic hydroxyl groups is 2. The molecule has 0 aromatic heterocycles. The fourth-order valence-electron chi connectivity index (χ4n) is 8.09. The van der Waals surface area contributed by atoms with Gasteiger partial charge in [-0.2, -0.15) is 0 Å². The highest BCUT2D eigenvalue weighted by Gasteiger charge is 2.29. The molecule has 0 aromatic carbocycles. The highest BCUT2D eigenvalue weighted by atomic mass is 31.2. The third-order valence-electron chi connectivity index (χ3n) is 13.1. The first-order valence-corrected chi connectivity index (χ1v) is 35.8. The summed E-state index contributed by atoms with van der Waals surface area (Å²) in [6.45, 7) is 2.38. The van der Waals surface area contributed by atoms with Gasteiger partial charge in [0.2, 0.25) is 0 Å². The van der Waals surface area contributed by atoms with E-state index in [1.807, 2.05) is 0 Å². The summed E-state index contributed by atoms with van der Waals surface area (Å²) < 4.78 is 60.7. The molecule has 0 aliphatic rings. The maximum atomic E-state index is 12.9. The van der Waals surface area contributed by atoms with E-state index < -0.39 is 91.5 Å². The Morgan fingerprint density at radius 2 is 0.621 bits per heavy atom. The average molecular weight is 1260 g/mol. The van der Waals surface area contributed by atoms with Crippen LogP contribution in [0.1, 0.15) is 239 Å². The van der Waals surface area contributed by atoms with Crippen LogP contribution < -0.4 is 0 Å². The predicted octanol–water partition coefficient (Wildman–Crippen LogP) is 17.9. The number of phosphoric ester groups is 2. The van der Waals surface area contributed by atoms with Crippen molar-refractivity contribution in [2.24, 2.45) is 0 Å². The summed E-state index contributed by atoms with van der Waals surface area (Å²) in [5.74, 6) is -1.65. The summed E-state index contributed by atoms with van der Waals surface area (Å²) in [6.07, 6.45) is 69.8. The number of allylic oxidation sites excluding steroid dienone is 20. The molecule has 4 N–H and O–H groups in total. The van der Waals surface area contributed by atoms with E-state index in [1.165, 1.54) is 38.5 Å². The van der Waals surface area contributed by atoms with Crippen LogP contribution in [0.15, 0.2) is 122 Å². The van der Waals surface area contributed by atoms with Crippen LogP contribution in [0.3, 0.4) is 0 Å². The minimum atomic E-state index is -4.93. The highest BCUT2D eigenvalue weighted by molar-refractivity contribution is 7.47. The second-order valence-electron chi connectivity index (χ2n) is 21.5. The molecule has 0 amide bonds. The van der Waals surface area contributed by atoms with Gasteiger partial charge in [-0.3, -0.25) is 32.5 Å². The number of esters is 3. The van der Waals surface area contributed by atoms with Crippen molar-refractivity contribution in [3.63, 3.8) is 0 Å². The van der Waals surface area contributed by atoms with Crippen molar-refractivity contribution in [1.82, 2.24) is 0 Å². The van der Waals surface area contributed by atoms with Gasteiger partial charge in [-0.15, -0.1) is 0 Å². The second-order valence-corrected chi connectivity index (χ2v) is 24.4. The smallest absolute Gasteiger partial charge is 0.463 e. The quantitative estimate of drug-likeness (QED) is 0.0146. The molecule has 498 valence electrons. The van der Waals surface area contributed by atoms with Gasteiger partial charge in [0.25, 0.3) is 0 Å². The maximum Gasteiger partial charge on any atom is 0.472 e. The van der Waals surface area contributed by atoms with Crippen LogP contribution in [0.4, 0.5) is 0 Å². The largest absolute Gasteiger partial charge is 0.472 e. The molecule has 0 rings (SSSR count). The lowest BCUT2D eigenvalue weighted by atomic mass is 10.1. The number of rotatable bonds is 61. The van der Waals surface area contributed by atoms with E-state index in [9.17, 15) is 43.5 Å². The molecule has 0 saturated carbocycles. The first-order chi connectivity index (χ1) is 42.2. The standard InChI is InChI=1S/C69H116O16P2/c1-4-7-10-13-16-19-22-24-26-28-30-31-33-35-36-38-41-43-46-49-52-55-67(72)79-58-64(70)59-81-86(75,76)82-60-65(71)61-83-87(77,78)84-63-66(85-69(74)57-54-51-48-45-40-21-18-15-12-9-6-3)62-80-68(73)56-53-50-47-44-42-39-37-34-32-29-27-25-23-20-17-14-11-8-5-2/h8,11,15-20,24-27,30-32,34-36,39,42,64-66,70-71H,4-7,9-10,12-14,21-23,28-29,33,37-38,40-41,43-63H2,1-3H3,(H,75,76)(H,77,78)/b11-8-,18-15-,19-16-,20-17-,26-24-,27-25-,31-30-,34-32-,36-35-,42-39-. The highest BCUT2D eigenvalue weighted by Crippen LogP contribution is 2.45.